The molecule has 1 heterocycles. The van der Waals surface area contributed by atoms with Crippen molar-refractivity contribution in [2.45, 2.75) is 6.92 Å². The minimum Gasteiger partial charge on any atom is -0.462 e. The fraction of sp³-hybridized carbons (Fsp3) is 0.231. The summed E-state index contributed by atoms with van der Waals surface area (Å²) in [4.78, 5) is 16.0. The Hall–Kier alpha value is -1.14. The van der Waals surface area contributed by atoms with E-state index < -0.39 is 0 Å². The van der Waals surface area contributed by atoms with Crippen molar-refractivity contribution in [1.82, 2.24) is 9.55 Å². The van der Waals surface area contributed by atoms with Crippen molar-refractivity contribution in [3.63, 3.8) is 0 Å². The maximum Gasteiger partial charge on any atom is 0.338 e. The van der Waals surface area contributed by atoms with Gasteiger partial charge in [0.1, 0.15) is 15.0 Å². The smallest absolute Gasteiger partial charge is 0.338 e. The Morgan fingerprint density at radius 1 is 1.32 bits per heavy atom. The number of hydrogen-bond donors (Lipinski definition) is 0. The van der Waals surface area contributed by atoms with Gasteiger partial charge in [-0.05, 0) is 50.9 Å². The average Bonchev–Trinajstić information content (AvgIpc) is 2.67. The first-order chi connectivity index (χ1) is 9.04. The lowest BCUT2D eigenvalue weighted by Crippen LogP contribution is -2.04. The number of hydrogen-bond acceptors (Lipinski definition) is 3. The lowest BCUT2D eigenvalue weighted by atomic mass is 10.1. The number of imidazole rings is 1. The summed E-state index contributed by atoms with van der Waals surface area (Å²) < 4.78 is 8.49. The highest BCUT2D eigenvalue weighted by atomic mass is 79.9. The van der Waals surface area contributed by atoms with Crippen LogP contribution in [-0.4, -0.2) is 22.1 Å². The van der Waals surface area contributed by atoms with Crippen molar-refractivity contribution in [1.29, 1.82) is 0 Å². The third-order valence-electron chi connectivity index (χ3n) is 2.64. The molecule has 1 aromatic heterocycles. The molecular formula is C13H12Br2N2O2. The normalized spacial score (nSPS) is 10.5. The second kappa shape index (κ2) is 5.88. The molecule has 0 aliphatic carbocycles. The number of aromatic nitrogens is 2. The lowest BCUT2D eigenvalue weighted by molar-refractivity contribution is 0.0526. The van der Waals surface area contributed by atoms with Gasteiger partial charge in [-0.1, -0.05) is 12.1 Å². The standard InChI is InChI=1S/C13H12Br2N2O2/c1-3-19-13(18)9-6-4-8(5-7-9)12-16-10(14)11(15)17(12)2/h4-7H,3H2,1-2H3. The summed E-state index contributed by atoms with van der Waals surface area (Å²) in [5, 5.41) is 0. The number of rotatable bonds is 3. The molecule has 2 aromatic rings. The summed E-state index contributed by atoms with van der Waals surface area (Å²) in [6.45, 7) is 2.16. The lowest BCUT2D eigenvalue weighted by Gasteiger charge is -2.04. The molecular weight excluding hydrogens is 376 g/mol. The van der Waals surface area contributed by atoms with Gasteiger partial charge in [-0.3, -0.25) is 0 Å². The number of carbonyl (C=O) groups is 1. The van der Waals surface area contributed by atoms with E-state index in [-0.39, 0.29) is 5.97 Å². The van der Waals surface area contributed by atoms with Gasteiger partial charge in [0.25, 0.3) is 0 Å². The number of benzene rings is 1. The highest BCUT2D eigenvalue weighted by Gasteiger charge is 2.13. The van der Waals surface area contributed by atoms with Crippen LogP contribution in [0.1, 0.15) is 17.3 Å². The topological polar surface area (TPSA) is 44.1 Å². The van der Waals surface area contributed by atoms with Gasteiger partial charge in [0.05, 0.1) is 12.2 Å². The van der Waals surface area contributed by atoms with E-state index in [0.717, 1.165) is 20.6 Å². The van der Waals surface area contributed by atoms with E-state index in [2.05, 4.69) is 36.8 Å². The summed E-state index contributed by atoms with van der Waals surface area (Å²) in [5.74, 6) is 0.505. The molecule has 100 valence electrons. The zero-order valence-corrected chi connectivity index (χ0v) is 13.7. The Morgan fingerprint density at radius 3 is 2.42 bits per heavy atom. The van der Waals surface area contributed by atoms with E-state index in [1.54, 1.807) is 19.1 Å². The van der Waals surface area contributed by atoms with E-state index in [1.165, 1.54) is 0 Å². The number of ether oxygens (including phenoxy) is 1. The van der Waals surface area contributed by atoms with Gasteiger partial charge >= 0.3 is 5.97 Å². The van der Waals surface area contributed by atoms with Gasteiger partial charge < -0.3 is 9.30 Å². The monoisotopic (exact) mass is 386 g/mol. The number of carbonyl (C=O) groups excluding carboxylic acids is 1. The molecule has 0 N–H and O–H groups in total. The molecule has 0 amide bonds. The van der Waals surface area contributed by atoms with Crippen molar-refractivity contribution in [3.8, 4) is 11.4 Å². The average molecular weight is 388 g/mol. The molecule has 0 bridgehead atoms. The van der Waals surface area contributed by atoms with Gasteiger partial charge in [0.15, 0.2) is 0 Å². The van der Waals surface area contributed by atoms with E-state index in [1.807, 2.05) is 23.7 Å². The molecule has 0 aliphatic rings. The van der Waals surface area contributed by atoms with Crippen LogP contribution >= 0.6 is 31.9 Å². The minimum absolute atomic E-state index is 0.309. The first-order valence-electron chi connectivity index (χ1n) is 5.70. The molecule has 6 heteroatoms. The van der Waals surface area contributed by atoms with Crippen LogP contribution in [-0.2, 0) is 11.8 Å². The Balaban J connectivity index is 2.32. The molecule has 0 saturated carbocycles. The highest BCUT2D eigenvalue weighted by Crippen LogP contribution is 2.28. The van der Waals surface area contributed by atoms with Crippen LogP contribution in [0.2, 0.25) is 0 Å². The largest absolute Gasteiger partial charge is 0.462 e. The predicted octanol–water partition coefficient (Wildman–Crippen LogP) is 3.79. The summed E-state index contributed by atoms with van der Waals surface area (Å²) in [5.41, 5.74) is 1.47. The fourth-order valence-electron chi connectivity index (χ4n) is 1.67. The van der Waals surface area contributed by atoms with Crippen molar-refractivity contribution in [3.05, 3.63) is 39.0 Å². The third-order valence-corrected chi connectivity index (χ3v) is 4.63. The summed E-state index contributed by atoms with van der Waals surface area (Å²) in [6.07, 6.45) is 0. The molecule has 4 nitrogen and oxygen atoms in total. The van der Waals surface area contributed by atoms with Gasteiger partial charge in [-0.2, -0.15) is 0 Å². The number of nitrogens with zero attached hydrogens (tertiary/aromatic N) is 2. The van der Waals surface area contributed by atoms with Crippen LogP contribution in [0.5, 0.6) is 0 Å². The predicted molar refractivity (Wildman–Crippen MR) is 80.0 cm³/mol. The Bertz CT molecular complexity index is 606. The third kappa shape index (κ3) is 2.90. The zero-order chi connectivity index (χ0) is 14.0. The second-order valence-electron chi connectivity index (χ2n) is 3.87. The Labute approximate surface area is 128 Å². The molecule has 0 unspecified atom stereocenters. The maximum absolute atomic E-state index is 11.6. The van der Waals surface area contributed by atoms with E-state index >= 15 is 0 Å². The van der Waals surface area contributed by atoms with Crippen LogP contribution in [0, 0.1) is 0 Å². The molecule has 0 saturated heterocycles. The van der Waals surface area contributed by atoms with Crippen molar-refractivity contribution in [2.24, 2.45) is 7.05 Å². The minimum atomic E-state index is -0.309. The summed E-state index contributed by atoms with van der Waals surface area (Å²) in [7, 11) is 1.91. The summed E-state index contributed by atoms with van der Waals surface area (Å²) >= 11 is 6.80. The molecule has 0 atom stereocenters. The number of esters is 1. The van der Waals surface area contributed by atoms with Crippen LogP contribution in [0.25, 0.3) is 11.4 Å². The molecule has 0 spiro atoms. The van der Waals surface area contributed by atoms with Crippen LogP contribution < -0.4 is 0 Å². The van der Waals surface area contributed by atoms with E-state index in [9.17, 15) is 4.79 Å². The molecule has 0 fully saturated rings. The van der Waals surface area contributed by atoms with E-state index in [4.69, 9.17) is 4.74 Å². The molecule has 2 rings (SSSR count). The Kier molecular flexibility index (Phi) is 4.42. The second-order valence-corrected chi connectivity index (χ2v) is 5.38. The van der Waals surface area contributed by atoms with Gasteiger partial charge in [-0.15, -0.1) is 0 Å². The van der Waals surface area contributed by atoms with Crippen LogP contribution in [0.4, 0.5) is 0 Å². The summed E-state index contributed by atoms with van der Waals surface area (Å²) in [6, 6.07) is 7.19. The van der Waals surface area contributed by atoms with Crippen LogP contribution in [0.3, 0.4) is 0 Å². The van der Waals surface area contributed by atoms with E-state index in [0.29, 0.717) is 12.2 Å². The first-order valence-corrected chi connectivity index (χ1v) is 7.28. The van der Waals surface area contributed by atoms with Gasteiger partial charge in [0.2, 0.25) is 0 Å². The van der Waals surface area contributed by atoms with Crippen molar-refractivity contribution in [2.75, 3.05) is 6.61 Å². The molecule has 0 aliphatic heterocycles. The van der Waals surface area contributed by atoms with Crippen LogP contribution in [0.15, 0.2) is 33.5 Å². The van der Waals surface area contributed by atoms with Crippen molar-refractivity contribution >= 4 is 37.8 Å². The fourth-order valence-corrected chi connectivity index (χ4v) is 2.36. The van der Waals surface area contributed by atoms with Gasteiger partial charge in [0, 0.05) is 12.6 Å². The number of halogens is 2. The quantitative estimate of drug-likeness (QED) is 0.752. The molecule has 1 aromatic carbocycles. The first kappa shape index (κ1) is 14.3. The maximum atomic E-state index is 11.6. The molecule has 0 radical (unpaired) electrons. The van der Waals surface area contributed by atoms with Crippen molar-refractivity contribution < 1.29 is 9.53 Å². The highest BCUT2D eigenvalue weighted by molar-refractivity contribution is 9.13. The zero-order valence-electron chi connectivity index (χ0n) is 10.5. The SMILES string of the molecule is CCOC(=O)c1ccc(-c2nc(Br)c(Br)n2C)cc1. The Morgan fingerprint density at radius 2 is 1.95 bits per heavy atom. The molecule has 19 heavy (non-hydrogen) atoms. The van der Waals surface area contributed by atoms with Gasteiger partial charge in [-0.25, -0.2) is 9.78 Å².